The molecule has 3 heterocycles. The maximum Gasteiger partial charge on any atom is 0.273 e. The van der Waals surface area contributed by atoms with Crippen molar-refractivity contribution < 1.29 is 13.2 Å². The van der Waals surface area contributed by atoms with Crippen LogP contribution in [0.25, 0.3) is 0 Å². The highest BCUT2D eigenvalue weighted by molar-refractivity contribution is 7.91. The van der Waals surface area contributed by atoms with E-state index in [2.05, 4.69) is 4.98 Å². The average Bonchev–Trinajstić information content (AvgIpc) is 3.17. The molecule has 1 amide bonds. The van der Waals surface area contributed by atoms with Gasteiger partial charge in [-0.1, -0.05) is 0 Å². The Morgan fingerprint density at radius 3 is 2.70 bits per heavy atom. The molecule has 0 saturated carbocycles. The molecule has 0 aliphatic carbocycles. The number of carbonyl (C=O) groups is 1. The summed E-state index contributed by atoms with van der Waals surface area (Å²) < 4.78 is 27.2. The van der Waals surface area contributed by atoms with Crippen molar-refractivity contribution in [3.63, 3.8) is 0 Å². The highest BCUT2D eigenvalue weighted by Gasteiger charge is 2.35. The summed E-state index contributed by atoms with van der Waals surface area (Å²) in [5, 5.41) is 3.55. The van der Waals surface area contributed by atoms with Gasteiger partial charge in [0.25, 0.3) is 15.9 Å². The molecule has 9 heteroatoms. The molecule has 0 unspecified atom stereocenters. The second kappa shape index (κ2) is 6.31. The molecule has 1 saturated heterocycles. The van der Waals surface area contributed by atoms with E-state index in [-0.39, 0.29) is 11.9 Å². The predicted molar refractivity (Wildman–Crippen MR) is 90.4 cm³/mol. The highest BCUT2D eigenvalue weighted by Crippen LogP contribution is 2.26. The van der Waals surface area contributed by atoms with Crippen LogP contribution in [0.3, 0.4) is 0 Å². The van der Waals surface area contributed by atoms with Crippen LogP contribution in [0.2, 0.25) is 0 Å². The van der Waals surface area contributed by atoms with Crippen LogP contribution in [0.5, 0.6) is 0 Å². The van der Waals surface area contributed by atoms with Gasteiger partial charge < -0.3 is 4.90 Å². The van der Waals surface area contributed by atoms with Gasteiger partial charge in [0.05, 0.1) is 5.51 Å². The standard InChI is InChI=1S/C14H17N3O3S3/c1-10-5-13(22-7-10)23(19,20)16-3-4-17(11(2)6-16)14(18)12-8-21-9-15-12/h5,7-9,11H,3-4,6H2,1-2H3/t11-/m0/s1. The van der Waals surface area contributed by atoms with E-state index in [9.17, 15) is 13.2 Å². The molecule has 1 atom stereocenters. The zero-order chi connectivity index (χ0) is 16.6. The Hall–Kier alpha value is -1.29. The number of carbonyl (C=O) groups excluding carboxylic acids is 1. The van der Waals surface area contributed by atoms with Gasteiger partial charge in [-0.15, -0.1) is 22.7 Å². The molecule has 6 nitrogen and oxygen atoms in total. The molecular formula is C14H17N3O3S3. The van der Waals surface area contributed by atoms with Crippen LogP contribution in [0.1, 0.15) is 23.0 Å². The molecule has 2 aromatic rings. The molecule has 1 aliphatic rings. The molecule has 1 fully saturated rings. The predicted octanol–water partition coefficient (Wildman–Crippen LogP) is 2.05. The molecule has 2 aromatic heterocycles. The van der Waals surface area contributed by atoms with Crippen LogP contribution in [0.4, 0.5) is 0 Å². The smallest absolute Gasteiger partial charge is 0.273 e. The molecule has 0 radical (unpaired) electrons. The minimum Gasteiger partial charge on any atom is -0.332 e. The van der Waals surface area contributed by atoms with Gasteiger partial charge in [0.15, 0.2) is 0 Å². The molecule has 0 N–H and O–H groups in total. The van der Waals surface area contributed by atoms with Crippen LogP contribution >= 0.6 is 22.7 Å². The summed E-state index contributed by atoms with van der Waals surface area (Å²) >= 11 is 2.61. The first-order valence-corrected chi connectivity index (χ1v) is 10.4. The average molecular weight is 372 g/mol. The third-order valence-corrected chi connectivity index (χ3v) is 7.79. The summed E-state index contributed by atoms with van der Waals surface area (Å²) in [5.41, 5.74) is 2.99. The number of piperazine rings is 1. The topological polar surface area (TPSA) is 70.6 Å². The number of aryl methyl sites for hydroxylation is 1. The number of thiophene rings is 1. The van der Waals surface area contributed by atoms with E-state index in [1.807, 2.05) is 19.2 Å². The number of amides is 1. The molecular weight excluding hydrogens is 354 g/mol. The number of rotatable bonds is 3. The van der Waals surface area contributed by atoms with Crippen molar-refractivity contribution in [2.45, 2.75) is 24.1 Å². The summed E-state index contributed by atoms with van der Waals surface area (Å²) in [6, 6.07) is 1.51. The first-order chi connectivity index (χ1) is 10.9. The lowest BCUT2D eigenvalue weighted by molar-refractivity contribution is 0.0586. The fraction of sp³-hybridized carbons (Fsp3) is 0.429. The number of hydrogen-bond acceptors (Lipinski definition) is 6. The lowest BCUT2D eigenvalue weighted by atomic mass is 10.2. The monoisotopic (exact) mass is 371 g/mol. The van der Waals surface area contributed by atoms with Crippen molar-refractivity contribution in [2.75, 3.05) is 19.6 Å². The second-order valence-corrected chi connectivity index (χ2v) is 9.32. The van der Waals surface area contributed by atoms with Gasteiger partial charge in [-0.05, 0) is 30.9 Å². The molecule has 124 valence electrons. The Balaban J connectivity index is 1.75. The van der Waals surface area contributed by atoms with Gasteiger partial charge >= 0.3 is 0 Å². The minimum absolute atomic E-state index is 0.136. The number of sulfonamides is 1. The fourth-order valence-electron chi connectivity index (χ4n) is 2.58. The van der Waals surface area contributed by atoms with Crippen molar-refractivity contribution in [3.8, 4) is 0 Å². The van der Waals surface area contributed by atoms with E-state index in [1.54, 1.807) is 21.9 Å². The van der Waals surface area contributed by atoms with Crippen LogP contribution in [0.15, 0.2) is 26.5 Å². The molecule has 23 heavy (non-hydrogen) atoms. The maximum atomic E-state index is 12.7. The lowest BCUT2D eigenvalue weighted by Gasteiger charge is -2.38. The van der Waals surface area contributed by atoms with Crippen LogP contribution < -0.4 is 0 Å². The van der Waals surface area contributed by atoms with Crippen molar-refractivity contribution in [2.24, 2.45) is 0 Å². The van der Waals surface area contributed by atoms with Crippen molar-refractivity contribution in [1.82, 2.24) is 14.2 Å². The van der Waals surface area contributed by atoms with Gasteiger partial charge in [0, 0.05) is 31.1 Å². The van der Waals surface area contributed by atoms with E-state index in [4.69, 9.17) is 0 Å². The molecule has 1 aliphatic heterocycles. The number of aromatic nitrogens is 1. The third kappa shape index (κ3) is 3.18. The Kier molecular flexibility index (Phi) is 4.54. The van der Waals surface area contributed by atoms with Crippen molar-refractivity contribution in [3.05, 3.63) is 33.6 Å². The van der Waals surface area contributed by atoms with Crippen molar-refractivity contribution >= 4 is 38.6 Å². The van der Waals surface area contributed by atoms with Gasteiger partial charge in [-0.3, -0.25) is 4.79 Å². The normalized spacial score (nSPS) is 19.9. The zero-order valence-corrected chi connectivity index (χ0v) is 15.2. The van der Waals surface area contributed by atoms with Crippen molar-refractivity contribution in [1.29, 1.82) is 0 Å². The van der Waals surface area contributed by atoms with E-state index in [0.717, 1.165) is 5.56 Å². The number of thiazole rings is 1. The van der Waals surface area contributed by atoms with E-state index < -0.39 is 10.0 Å². The number of hydrogen-bond donors (Lipinski definition) is 0. The Morgan fingerprint density at radius 1 is 1.35 bits per heavy atom. The summed E-state index contributed by atoms with van der Waals surface area (Å²) in [6.07, 6.45) is 0. The van der Waals surface area contributed by atoms with Crippen LogP contribution in [0, 0.1) is 6.92 Å². The summed E-state index contributed by atoms with van der Waals surface area (Å²) in [6.45, 7) is 4.73. The Morgan fingerprint density at radius 2 is 2.13 bits per heavy atom. The summed E-state index contributed by atoms with van der Waals surface area (Å²) in [7, 11) is -3.48. The van der Waals surface area contributed by atoms with Gasteiger partial charge in [-0.25, -0.2) is 13.4 Å². The summed E-state index contributed by atoms with van der Waals surface area (Å²) in [5.74, 6) is -0.136. The minimum atomic E-state index is -3.48. The third-order valence-electron chi connectivity index (χ3n) is 3.80. The van der Waals surface area contributed by atoms with Gasteiger partial charge in [0.1, 0.15) is 9.90 Å². The quantitative estimate of drug-likeness (QED) is 0.828. The zero-order valence-electron chi connectivity index (χ0n) is 12.8. The maximum absolute atomic E-state index is 12.7. The van der Waals surface area contributed by atoms with E-state index in [0.29, 0.717) is 29.5 Å². The number of nitrogens with zero attached hydrogens (tertiary/aromatic N) is 3. The lowest BCUT2D eigenvalue weighted by Crippen LogP contribution is -2.55. The fourth-order valence-corrected chi connectivity index (χ4v) is 6.00. The highest BCUT2D eigenvalue weighted by atomic mass is 32.2. The van der Waals surface area contributed by atoms with E-state index in [1.165, 1.54) is 27.0 Å². The van der Waals surface area contributed by atoms with E-state index >= 15 is 0 Å². The summed E-state index contributed by atoms with van der Waals surface area (Å²) in [4.78, 5) is 18.1. The molecule has 0 spiro atoms. The SMILES string of the molecule is Cc1csc(S(=O)(=O)N2CCN(C(=O)c3cscn3)[C@@H](C)C2)c1. The molecule has 0 bridgehead atoms. The van der Waals surface area contributed by atoms with Gasteiger partial charge in [-0.2, -0.15) is 4.31 Å². The molecule has 3 rings (SSSR count). The Labute approximate surface area is 143 Å². The Bertz CT molecular complexity index is 798. The largest absolute Gasteiger partial charge is 0.332 e. The molecule has 0 aromatic carbocycles. The van der Waals surface area contributed by atoms with Crippen LogP contribution in [-0.4, -0.2) is 54.2 Å². The van der Waals surface area contributed by atoms with Gasteiger partial charge in [0.2, 0.25) is 0 Å². The first-order valence-electron chi connectivity index (χ1n) is 7.14. The van der Waals surface area contributed by atoms with Crippen LogP contribution in [-0.2, 0) is 10.0 Å². The second-order valence-electron chi connectivity index (χ2n) is 5.53. The first kappa shape index (κ1) is 16.6.